The van der Waals surface area contributed by atoms with Crippen LogP contribution in [0.15, 0.2) is 29.2 Å². The molecule has 176 valence electrons. The van der Waals surface area contributed by atoms with Crippen LogP contribution in [-0.4, -0.2) is 99.4 Å². The van der Waals surface area contributed by atoms with Gasteiger partial charge in [-0.1, -0.05) is 0 Å². The molecule has 1 aromatic rings. The summed E-state index contributed by atoms with van der Waals surface area (Å²) in [7, 11) is -1.78. The fourth-order valence-electron chi connectivity index (χ4n) is 4.73. The predicted molar refractivity (Wildman–Crippen MR) is 116 cm³/mol. The Balaban J connectivity index is 1.36. The second-order valence-electron chi connectivity index (χ2n) is 8.84. The molecular formula is C21H30FN5O4S. The first-order valence-corrected chi connectivity index (χ1v) is 12.5. The highest BCUT2D eigenvalue weighted by molar-refractivity contribution is 7.89. The first kappa shape index (κ1) is 23.1. The lowest BCUT2D eigenvalue weighted by Crippen LogP contribution is -2.58. The molecule has 0 aliphatic carbocycles. The van der Waals surface area contributed by atoms with Crippen LogP contribution in [-0.2, 0) is 19.6 Å². The summed E-state index contributed by atoms with van der Waals surface area (Å²) in [5.41, 5.74) is 0. The van der Waals surface area contributed by atoms with E-state index in [9.17, 15) is 22.4 Å². The summed E-state index contributed by atoms with van der Waals surface area (Å²) in [5, 5.41) is 2.90. The van der Waals surface area contributed by atoms with Crippen LogP contribution in [0.3, 0.4) is 0 Å². The van der Waals surface area contributed by atoms with Gasteiger partial charge in [0.15, 0.2) is 0 Å². The molecular weight excluding hydrogens is 437 g/mol. The molecule has 0 unspecified atom stereocenters. The van der Waals surface area contributed by atoms with Crippen molar-refractivity contribution in [2.45, 2.75) is 42.3 Å². The van der Waals surface area contributed by atoms with Crippen molar-refractivity contribution in [1.29, 1.82) is 0 Å². The summed E-state index contributed by atoms with van der Waals surface area (Å²) < 4.78 is 41.1. The number of piperazine rings is 2. The Bertz CT molecular complexity index is 949. The maximum atomic E-state index is 13.1. The zero-order valence-electron chi connectivity index (χ0n) is 18.2. The van der Waals surface area contributed by atoms with Crippen molar-refractivity contribution in [2.75, 3.05) is 46.3 Å². The summed E-state index contributed by atoms with van der Waals surface area (Å²) in [6.07, 6.45) is 1.37. The van der Waals surface area contributed by atoms with Crippen LogP contribution in [0.2, 0.25) is 0 Å². The molecule has 0 bridgehead atoms. The number of carbonyl (C=O) groups is 2. The summed E-state index contributed by atoms with van der Waals surface area (Å²) in [4.78, 5) is 31.1. The molecule has 0 saturated carbocycles. The van der Waals surface area contributed by atoms with Gasteiger partial charge in [-0.25, -0.2) is 17.5 Å². The van der Waals surface area contributed by atoms with Crippen LogP contribution < -0.4 is 10.0 Å². The van der Waals surface area contributed by atoms with Crippen molar-refractivity contribution in [3.05, 3.63) is 30.1 Å². The van der Waals surface area contributed by atoms with Crippen LogP contribution in [0, 0.1) is 5.82 Å². The number of benzene rings is 1. The van der Waals surface area contributed by atoms with E-state index < -0.39 is 27.9 Å². The molecule has 2 amide bonds. The number of hydrogen-bond acceptors (Lipinski definition) is 6. The molecule has 3 aliphatic heterocycles. The number of halogens is 1. The Hall–Kier alpha value is -2.08. The molecule has 3 fully saturated rings. The number of amides is 2. The van der Waals surface area contributed by atoms with Crippen LogP contribution in [0.5, 0.6) is 0 Å². The van der Waals surface area contributed by atoms with Gasteiger partial charge in [-0.2, -0.15) is 0 Å². The summed E-state index contributed by atoms with van der Waals surface area (Å²) >= 11 is 0. The molecule has 3 atom stereocenters. The average molecular weight is 468 g/mol. The zero-order chi connectivity index (χ0) is 22.9. The van der Waals surface area contributed by atoms with E-state index in [1.165, 1.54) is 12.1 Å². The Morgan fingerprint density at radius 2 is 1.88 bits per heavy atom. The van der Waals surface area contributed by atoms with Crippen LogP contribution in [0.4, 0.5) is 4.39 Å². The third kappa shape index (κ3) is 5.11. The largest absolute Gasteiger partial charge is 0.353 e. The summed E-state index contributed by atoms with van der Waals surface area (Å²) in [6, 6.07) is 3.78. The molecule has 3 heterocycles. The Kier molecular flexibility index (Phi) is 6.80. The van der Waals surface area contributed by atoms with Crippen molar-refractivity contribution in [1.82, 2.24) is 24.7 Å². The van der Waals surface area contributed by atoms with Crippen LogP contribution in [0.25, 0.3) is 0 Å². The fraction of sp³-hybridized carbons (Fsp3) is 0.619. The monoisotopic (exact) mass is 467 g/mol. The molecule has 0 radical (unpaired) electrons. The van der Waals surface area contributed by atoms with E-state index in [0.717, 1.165) is 38.3 Å². The van der Waals surface area contributed by atoms with Gasteiger partial charge < -0.3 is 15.1 Å². The lowest BCUT2D eigenvalue weighted by atomic mass is 10.0. The normalized spacial score (nSPS) is 27.2. The highest BCUT2D eigenvalue weighted by Gasteiger charge is 2.44. The zero-order valence-corrected chi connectivity index (χ0v) is 19.0. The topological polar surface area (TPSA) is 102 Å². The number of hydrogen-bond donors (Lipinski definition) is 2. The van der Waals surface area contributed by atoms with Crippen molar-refractivity contribution in [3.63, 3.8) is 0 Å². The minimum absolute atomic E-state index is 0.0115. The van der Waals surface area contributed by atoms with Gasteiger partial charge >= 0.3 is 0 Å². The lowest BCUT2D eigenvalue weighted by Gasteiger charge is -2.38. The van der Waals surface area contributed by atoms with Gasteiger partial charge in [0.2, 0.25) is 21.8 Å². The number of rotatable bonds is 6. The first-order chi connectivity index (χ1) is 15.2. The van der Waals surface area contributed by atoms with Gasteiger partial charge in [0.25, 0.3) is 0 Å². The molecule has 4 rings (SSSR count). The molecule has 1 aromatic carbocycles. The van der Waals surface area contributed by atoms with E-state index in [-0.39, 0.29) is 22.8 Å². The van der Waals surface area contributed by atoms with Gasteiger partial charge in [0, 0.05) is 57.8 Å². The maximum absolute atomic E-state index is 13.1. The third-order valence-corrected chi connectivity index (χ3v) is 8.15. The summed E-state index contributed by atoms with van der Waals surface area (Å²) in [6.45, 7) is 4.05. The van der Waals surface area contributed by atoms with Crippen molar-refractivity contribution in [3.8, 4) is 0 Å². The van der Waals surface area contributed by atoms with Gasteiger partial charge in [0.05, 0.1) is 10.9 Å². The third-order valence-electron chi connectivity index (χ3n) is 6.62. The maximum Gasteiger partial charge on any atom is 0.240 e. The molecule has 32 heavy (non-hydrogen) atoms. The van der Waals surface area contributed by atoms with Gasteiger partial charge in [-0.3, -0.25) is 14.5 Å². The highest BCUT2D eigenvalue weighted by atomic mass is 32.2. The molecule has 3 aliphatic rings. The van der Waals surface area contributed by atoms with Gasteiger partial charge in [0.1, 0.15) is 5.82 Å². The average Bonchev–Trinajstić information content (AvgIpc) is 3.18. The van der Waals surface area contributed by atoms with Gasteiger partial charge in [-0.15, -0.1) is 0 Å². The lowest BCUT2D eigenvalue weighted by molar-refractivity contribution is -0.133. The van der Waals surface area contributed by atoms with E-state index >= 15 is 0 Å². The standard InChI is InChI=1S/C21H30FN5O4S/c1-25-8-10-26(11-9-25)20(28)7-4-17-13-23-21(29)19-12-16(14-27(17)19)24-32(30,31)18-5-2-15(22)3-6-18/h2-3,5-6,16-17,19,24H,4,7-14H2,1H3,(H,23,29)/t16-,17-,19+/m0/s1. The predicted octanol–water partition coefficient (Wildman–Crippen LogP) is -0.400. The second-order valence-corrected chi connectivity index (χ2v) is 10.6. The number of nitrogens with zero attached hydrogens (tertiary/aromatic N) is 3. The number of carbonyl (C=O) groups excluding carboxylic acids is 2. The number of fused-ring (bicyclic) bond motifs is 1. The summed E-state index contributed by atoms with van der Waals surface area (Å²) in [5.74, 6) is -0.498. The van der Waals surface area contributed by atoms with Crippen molar-refractivity contribution in [2.24, 2.45) is 0 Å². The van der Waals surface area contributed by atoms with E-state index in [0.29, 0.717) is 32.4 Å². The molecule has 2 N–H and O–H groups in total. The first-order valence-electron chi connectivity index (χ1n) is 11.0. The molecule has 0 aromatic heterocycles. The van der Waals surface area contributed by atoms with Crippen LogP contribution in [0.1, 0.15) is 19.3 Å². The second kappa shape index (κ2) is 9.42. The molecule has 0 spiro atoms. The van der Waals surface area contributed by atoms with Crippen molar-refractivity contribution < 1.29 is 22.4 Å². The number of nitrogens with one attached hydrogen (secondary N) is 2. The van der Waals surface area contributed by atoms with E-state index in [1.54, 1.807) is 0 Å². The molecule has 11 heteroatoms. The Morgan fingerprint density at radius 3 is 2.56 bits per heavy atom. The van der Waals surface area contributed by atoms with Crippen molar-refractivity contribution >= 4 is 21.8 Å². The van der Waals surface area contributed by atoms with E-state index in [2.05, 4.69) is 14.9 Å². The Labute approximate surface area is 188 Å². The minimum atomic E-state index is -3.82. The number of sulfonamides is 1. The Morgan fingerprint density at radius 1 is 1.19 bits per heavy atom. The van der Waals surface area contributed by atoms with E-state index in [4.69, 9.17) is 0 Å². The van der Waals surface area contributed by atoms with Gasteiger partial charge in [-0.05, 0) is 44.2 Å². The quantitative estimate of drug-likeness (QED) is 0.590. The number of likely N-dealkylation sites (N-methyl/N-ethyl adjacent to an activating group) is 1. The van der Waals surface area contributed by atoms with E-state index in [1.807, 2.05) is 16.8 Å². The highest BCUT2D eigenvalue weighted by Crippen LogP contribution is 2.27. The SMILES string of the molecule is CN1CCN(C(=O)CC[C@H]2CNC(=O)[C@H]3C[C@H](NS(=O)(=O)c4ccc(F)cc4)CN23)CC1. The van der Waals surface area contributed by atoms with Crippen LogP contribution >= 0.6 is 0 Å². The molecule has 3 saturated heterocycles. The minimum Gasteiger partial charge on any atom is -0.353 e. The smallest absolute Gasteiger partial charge is 0.240 e. The fourth-order valence-corrected chi connectivity index (χ4v) is 5.97. The molecule has 9 nitrogen and oxygen atoms in total.